The molecule has 2 fully saturated rings. The molecule has 0 saturated carbocycles. The zero-order chi connectivity index (χ0) is 21.2. The van der Waals surface area contributed by atoms with Crippen LogP contribution in [0.1, 0.15) is 24.0 Å². The first-order valence-corrected chi connectivity index (χ1v) is 10.9. The fourth-order valence-corrected chi connectivity index (χ4v) is 4.30. The Morgan fingerprint density at radius 2 is 1.94 bits per heavy atom. The summed E-state index contributed by atoms with van der Waals surface area (Å²) in [4.78, 5) is 25.8. The van der Waals surface area contributed by atoms with Gasteiger partial charge < -0.3 is 14.5 Å². The maximum absolute atomic E-state index is 12.8. The Kier molecular flexibility index (Phi) is 5.50. The van der Waals surface area contributed by atoms with Crippen molar-refractivity contribution in [1.82, 2.24) is 29.9 Å². The molecule has 3 aromatic rings. The van der Waals surface area contributed by atoms with Crippen LogP contribution in [0.25, 0.3) is 11.2 Å². The van der Waals surface area contributed by atoms with Gasteiger partial charge in [-0.3, -0.25) is 4.79 Å². The molecule has 1 aromatic carbocycles. The number of hydrogen-bond donors (Lipinski definition) is 0. The number of anilines is 1. The largest absolute Gasteiger partial charge is 0.373 e. The van der Waals surface area contributed by atoms with Crippen molar-refractivity contribution in [2.75, 3.05) is 37.7 Å². The van der Waals surface area contributed by atoms with Gasteiger partial charge in [0.15, 0.2) is 17.0 Å². The van der Waals surface area contributed by atoms with Crippen LogP contribution in [0.2, 0.25) is 0 Å². The lowest BCUT2D eigenvalue weighted by molar-refractivity contribution is -0.138. The van der Waals surface area contributed by atoms with Crippen LogP contribution in [0, 0.1) is 6.92 Å². The van der Waals surface area contributed by atoms with Crippen LogP contribution in [0.3, 0.4) is 0 Å². The fraction of sp³-hybridized carbons (Fsp3) is 0.500. The third-order valence-electron chi connectivity index (χ3n) is 6.03. The third-order valence-corrected chi connectivity index (χ3v) is 6.03. The van der Waals surface area contributed by atoms with Gasteiger partial charge in [-0.25, -0.2) is 14.6 Å². The molecule has 162 valence electrons. The van der Waals surface area contributed by atoms with E-state index in [1.807, 2.05) is 36.1 Å². The van der Waals surface area contributed by atoms with Gasteiger partial charge in [-0.05, 0) is 25.3 Å². The summed E-state index contributed by atoms with van der Waals surface area (Å²) in [6.45, 7) is 6.19. The van der Waals surface area contributed by atoms with Crippen molar-refractivity contribution < 1.29 is 9.53 Å². The minimum absolute atomic E-state index is 0.124. The fourth-order valence-electron chi connectivity index (χ4n) is 4.30. The van der Waals surface area contributed by atoms with Crippen LogP contribution >= 0.6 is 0 Å². The van der Waals surface area contributed by atoms with E-state index in [9.17, 15) is 4.79 Å². The zero-order valence-corrected chi connectivity index (χ0v) is 17.8. The van der Waals surface area contributed by atoms with E-state index < -0.39 is 0 Å². The molecule has 0 bridgehead atoms. The molecule has 2 saturated heterocycles. The van der Waals surface area contributed by atoms with Gasteiger partial charge in [0.2, 0.25) is 5.91 Å². The van der Waals surface area contributed by atoms with E-state index in [1.54, 1.807) is 11.0 Å². The number of benzene rings is 1. The molecular weight excluding hydrogens is 394 g/mol. The maximum Gasteiger partial charge on any atom is 0.227 e. The van der Waals surface area contributed by atoms with E-state index >= 15 is 0 Å². The molecule has 4 heterocycles. The number of hydrogen-bond acceptors (Lipinski definition) is 7. The number of carbonyl (C=O) groups excluding carboxylic acids is 1. The van der Waals surface area contributed by atoms with Gasteiger partial charge in [-0.1, -0.05) is 35.0 Å². The van der Waals surface area contributed by atoms with Crippen molar-refractivity contribution in [3.05, 3.63) is 41.7 Å². The molecule has 0 unspecified atom stereocenters. The molecule has 1 amide bonds. The smallest absolute Gasteiger partial charge is 0.227 e. The second-order valence-electron chi connectivity index (χ2n) is 8.33. The molecule has 0 spiro atoms. The van der Waals surface area contributed by atoms with E-state index in [-0.39, 0.29) is 12.0 Å². The van der Waals surface area contributed by atoms with Crippen molar-refractivity contribution >= 4 is 22.9 Å². The molecular formula is C22H27N7O2. The quantitative estimate of drug-likeness (QED) is 0.618. The molecule has 2 aliphatic rings. The molecule has 9 nitrogen and oxygen atoms in total. The lowest BCUT2D eigenvalue weighted by Gasteiger charge is -2.33. The number of aromatic nitrogens is 5. The van der Waals surface area contributed by atoms with E-state index in [0.29, 0.717) is 38.3 Å². The first kappa shape index (κ1) is 19.9. The van der Waals surface area contributed by atoms with Gasteiger partial charge in [-0.2, -0.15) is 0 Å². The van der Waals surface area contributed by atoms with Crippen molar-refractivity contribution in [2.24, 2.45) is 0 Å². The van der Waals surface area contributed by atoms with Crippen molar-refractivity contribution in [2.45, 2.75) is 38.8 Å². The van der Waals surface area contributed by atoms with Crippen molar-refractivity contribution in [3.63, 3.8) is 0 Å². The highest BCUT2D eigenvalue weighted by atomic mass is 16.5. The van der Waals surface area contributed by atoms with Gasteiger partial charge in [0.25, 0.3) is 0 Å². The Morgan fingerprint density at radius 1 is 1.13 bits per heavy atom. The van der Waals surface area contributed by atoms with E-state index in [1.165, 1.54) is 18.4 Å². The summed E-state index contributed by atoms with van der Waals surface area (Å²) >= 11 is 0. The highest BCUT2D eigenvalue weighted by Gasteiger charge is 2.26. The number of ether oxygens (including phenoxy) is 1. The molecule has 0 N–H and O–H groups in total. The molecule has 2 aromatic heterocycles. The van der Waals surface area contributed by atoms with Crippen LogP contribution in [0.4, 0.5) is 5.82 Å². The van der Waals surface area contributed by atoms with Gasteiger partial charge in [0.05, 0.1) is 25.7 Å². The van der Waals surface area contributed by atoms with Gasteiger partial charge in [0, 0.05) is 26.2 Å². The Balaban J connectivity index is 1.27. The molecule has 0 aliphatic carbocycles. The SMILES string of the molecule is Cc1ccc(CC(=O)N2CCO[C@H](Cn3nnc4c(N5CCCC5)ncnc43)C2)cc1. The van der Waals surface area contributed by atoms with Crippen LogP contribution in [0.15, 0.2) is 30.6 Å². The van der Waals surface area contributed by atoms with Gasteiger partial charge >= 0.3 is 0 Å². The summed E-state index contributed by atoms with van der Waals surface area (Å²) in [7, 11) is 0. The Bertz CT molecular complexity index is 1060. The van der Waals surface area contributed by atoms with Gasteiger partial charge in [0.1, 0.15) is 6.33 Å². The second kappa shape index (κ2) is 8.58. The number of nitrogens with zero attached hydrogens (tertiary/aromatic N) is 7. The Morgan fingerprint density at radius 3 is 2.74 bits per heavy atom. The minimum atomic E-state index is -0.147. The molecule has 1 atom stereocenters. The average Bonchev–Trinajstić information content (AvgIpc) is 3.46. The molecule has 2 aliphatic heterocycles. The van der Waals surface area contributed by atoms with E-state index in [2.05, 4.69) is 25.2 Å². The maximum atomic E-state index is 12.8. The number of carbonyl (C=O) groups is 1. The summed E-state index contributed by atoms with van der Waals surface area (Å²) in [5.74, 6) is 0.979. The number of amides is 1. The van der Waals surface area contributed by atoms with Crippen LogP contribution in [-0.2, 0) is 22.5 Å². The molecule has 0 radical (unpaired) electrons. The minimum Gasteiger partial charge on any atom is -0.373 e. The predicted octanol–water partition coefficient (Wildman–Crippen LogP) is 1.60. The van der Waals surface area contributed by atoms with Crippen LogP contribution in [-0.4, -0.2) is 74.7 Å². The Hall–Kier alpha value is -3.07. The monoisotopic (exact) mass is 421 g/mol. The highest BCUT2D eigenvalue weighted by molar-refractivity contribution is 5.82. The first-order chi connectivity index (χ1) is 15.2. The number of morpholine rings is 1. The molecule has 9 heteroatoms. The summed E-state index contributed by atoms with van der Waals surface area (Å²) in [6, 6.07) is 8.12. The Labute approximate surface area is 181 Å². The molecule has 5 rings (SSSR count). The second-order valence-corrected chi connectivity index (χ2v) is 8.33. The highest BCUT2D eigenvalue weighted by Crippen LogP contribution is 2.24. The normalized spacial score (nSPS) is 19.3. The summed E-state index contributed by atoms with van der Waals surface area (Å²) in [6.07, 6.45) is 4.18. The topological polar surface area (TPSA) is 89.3 Å². The summed E-state index contributed by atoms with van der Waals surface area (Å²) < 4.78 is 7.71. The van der Waals surface area contributed by atoms with Gasteiger partial charge in [-0.15, -0.1) is 5.10 Å². The van der Waals surface area contributed by atoms with E-state index in [4.69, 9.17) is 4.74 Å². The van der Waals surface area contributed by atoms with Crippen molar-refractivity contribution in [3.8, 4) is 0 Å². The summed E-state index contributed by atoms with van der Waals surface area (Å²) in [5.41, 5.74) is 3.67. The van der Waals surface area contributed by atoms with Crippen LogP contribution in [0.5, 0.6) is 0 Å². The number of fused-ring (bicyclic) bond motifs is 1. The van der Waals surface area contributed by atoms with Crippen molar-refractivity contribution in [1.29, 1.82) is 0 Å². The lowest BCUT2D eigenvalue weighted by atomic mass is 10.1. The predicted molar refractivity (Wildman–Crippen MR) is 116 cm³/mol. The third kappa shape index (κ3) is 4.23. The number of rotatable bonds is 5. The lowest BCUT2D eigenvalue weighted by Crippen LogP contribution is -2.47. The average molecular weight is 422 g/mol. The number of aryl methyl sites for hydroxylation is 1. The molecule has 31 heavy (non-hydrogen) atoms. The standard InChI is InChI=1S/C22H27N7O2/c1-16-4-6-17(7-5-16)12-19(30)28-10-11-31-18(13-28)14-29-22-20(25-26-29)21(23-15-24-22)27-8-2-3-9-27/h4-7,15,18H,2-3,8-14H2,1H3/t18-/m0/s1. The van der Waals surface area contributed by atoms with Crippen LogP contribution < -0.4 is 4.90 Å². The first-order valence-electron chi connectivity index (χ1n) is 10.9. The summed E-state index contributed by atoms with van der Waals surface area (Å²) in [5, 5.41) is 8.68. The zero-order valence-electron chi connectivity index (χ0n) is 17.8. The van der Waals surface area contributed by atoms with E-state index in [0.717, 1.165) is 30.0 Å².